The van der Waals surface area contributed by atoms with Gasteiger partial charge in [0.2, 0.25) is 11.8 Å². The average Bonchev–Trinajstić information content (AvgIpc) is 3.09. The highest BCUT2D eigenvalue weighted by Crippen LogP contribution is 2.20. The van der Waals surface area contributed by atoms with Crippen LogP contribution in [0.25, 0.3) is 0 Å². The Balaban J connectivity index is 2.53. The van der Waals surface area contributed by atoms with E-state index in [0.717, 1.165) is 19.3 Å². The topological polar surface area (TPSA) is 152 Å². The first kappa shape index (κ1) is 23.4. The highest BCUT2D eigenvalue weighted by molar-refractivity contribution is 5.87. The Hall–Kier alpha value is -2.65. The Labute approximate surface area is 165 Å². The van der Waals surface area contributed by atoms with Crippen LogP contribution in [0.15, 0.2) is 17.1 Å². The molecule has 0 fully saturated rings. The molecule has 1 aliphatic carbocycles. The van der Waals surface area contributed by atoms with Gasteiger partial charge in [0.1, 0.15) is 6.04 Å². The zero-order valence-corrected chi connectivity index (χ0v) is 16.6. The van der Waals surface area contributed by atoms with Crippen molar-refractivity contribution in [3.05, 3.63) is 22.3 Å². The van der Waals surface area contributed by atoms with E-state index in [4.69, 9.17) is 5.73 Å². The molecule has 28 heavy (non-hydrogen) atoms. The van der Waals surface area contributed by atoms with Crippen molar-refractivity contribution in [1.82, 2.24) is 16.1 Å². The number of rotatable bonds is 12. The molecule has 0 spiro atoms. The van der Waals surface area contributed by atoms with Gasteiger partial charge in [-0.3, -0.25) is 9.59 Å². The Morgan fingerprint density at radius 3 is 2.71 bits per heavy atom. The van der Waals surface area contributed by atoms with E-state index in [-0.39, 0.29) is 30.2 Å². The molecular weight excluding hydrogens is 364 g/mol. The van der Waals surface area contributed by atoms with Gasteiger partial charge in [0.05, 0.1) is 0 Å². The van der Waals surface area contributed by atoms with Gasteiger partial charge in [0.15, 0.2) is 5.03 Å². The SMILES string of the molecule is CC(C)CCNC(=O)[C@H](CCCN=C(N)N[N+](=O)[O-])NC(=O)C[C@@H]1C=CCC1. The molecule has 10 heteroatoms. The number of amides is 2. The van der Waals surface area contributed by atoms with Crippen molar-refractivity contribution in [2.75, 3.05) is 13.1 Å². The molecule has 0 aromatic heterocycles. The quantitative estimate of drug-likeness (QED) is 0.0959. The fraction of sp³-hybridized carbons (Fsp3) is 0.722. The molecule has 0 unspecified atom stereocenters. The van der Waals surface area contributed by atoms with Crippen LogP contribution >= 0.6 is 0 Å². The molecule has 10 nitrogen and oxygen atoms in total. The molecule has 0 aliphatic heterocycles. The van der Waals surface area contributed by atoms with Gasteiger partial charge in [-0.25, -0.2) is 15.1 Å². The maximum Gasteiger partial charge on any atom is 0.251 e. The molecule has 158 valence electrons. The fourth-order valence-corrected chi connectivity index (χ4v) is 2.86. The second kappa shape index (κ2) is 12.7. The molecule has 0 saturated carbocycles. The normalized spacial score (nSPS) is 17.4. The summed E-state index contributed by atoms with van der Waals surface area (Å²) in [4.78, 5) is 38.9. The van der Waals surface area contributed by atoms with Crippen molar-refractivity contribution in [2.45, 2.75) is 58.4 Å². The van der Waals surface area contributed by atoms with E-state index in [1.165, 1.54) is 0 Å². The molecule has 2 atom stereocenters. The smallest absolute Gasteiger partial charge is 0.251 e. The molecule has 0 saturated heterocycles. The lowest BCUT2D eigenvalue weighted by Gasteiger charge is -2.19. The number of allylic oxidation sites excluding steroid dienone is 2. The van der Waals surface area contributed by atoms with E-state index in [9.17, 15) is 19.7 Å². The number of nitrogens with one attached hydrogen (secondary N) is 3. The van der Waals surface area contributed by atoms with Crippen LogP contribution in [0.2, 0.25) is 0 Å². The van der Waals surface area contributed by atoms with E-state index in [1.54, 1.807) is 5.43 Å². The van der Waals surface area contributed by atoms with Crippen LogP contribution in [-0.4, -0.2) is 41.9 Å². The molecule has 1 aliphatic rings. The molecule has 1 rings (SSSR count). The summed E-state index contributed by atoms with van der Waals surface area (Å²) in [6, 6.07) is -0.662. The first-order chi connectivity index (χ1) is 13.3. The molecule has 0 aromatic carbocycles. The average molecular weight is 396 g/mol. The van der Waals surface area contributed by atoms with Gasteiger partial charge in [-0.15, -0.1) is 0 Å². The number of guanidine groups is 1. The standard InChI is InChI=1S/C18H32N6O4/c1-13(2)9-11-20-17(26)15(8-5-10-21-18(19)23-24(27)28)22-16(25)12-14-6-3-4-7-14/h3,6,13-15H,4-5,7-12H2,1-2H3,(H,20,26)(H,22,25)(H3,19,21,23)/t14-,15+/m1/s1. The van der Waals surface area contributed by atoms with Crippen LogP contribution < -0.4 is 21.8 Å². The van der Waals surface area contributed by atoms with E-state index in [2.05, 4.69) is 35.5 Å². The second-order valence-corrected chi connectivity index (χ2v) is 7.34. The zero-order chi connectivity index (χ0) is 20.9. The minimum absolute atomic E-state index is 0.154. The Morgan fingerprint density at radius 1 is 1.36 bits per heavy atom. The highest BCUT2D eigenvalue weighted by atomic mass is 16.7. The number of aliphatic imine (C=N–C) groups is 1. The number of nitrogens with two attached hydrogens (primary N) is 1. The molecule has 0 radical (unpaired) electrons. The lowest BCUT2D eigenvalue weighted by atomic mass is 10.0. The van der Waals surface area contributed by atoms with Gasteiger partial charge >= 0.3 is 0 Å². The number of nitro groups is 1. The summed E-state index contributed by atoms with van der Waals surface area (Å²) in [7, 11) is 0. The summed E-state index contributed by atoms with van der Waals surface area (Å²) in [5, 5.41) is 15.2. The largest absolute Gasteiger partial charge is 0.365 e. The van der Waals surface area contributed by atoms with Crippen LogP contribution in [-0.2, 0) is 9.59 Å². The van der Waals surface area contributed by atoms with E-state index < -0.39 is 11.1 Å². The molecule has 5 N–H and O–H groups in total. The molecular formula is C18H32N6O4. The third kappa shape index (κ3) is 10.5. The Morgan fingerprint density at radius 2 is 2.11 bits per heavy atom. The number of carbonyl (C=O) groups excluding carboxylic acids is 2. The number of hydrogen-bond donors (Lipinski definition) is 4. The summed E-state index contributed by atoms with van der Waals surface area (Å²) in [6.07, 6.45) is 8.08. The van der Waals surface area contributed by atoms with Crippen LogP contribution in [0.1, 0.15) is 52.4 Å². The molecule has 0 aromatic rings. The third-order valence-corrected chi connectivity index (χ3v) is 4.37. The molecule has 0 heterocycles. The van der Waals surface area contributed by atoms with Gasteiger partial charge in [-0.1, -0.05) is 31.4 Å². The summed E-state index contributed by atoms with van der Waals surface area (Å²) in [5.41, 5.74) is 7.12. The monoisotopic (exact) mass is 396 g/mol. The number of hydrazine groups is 1. The maximum absolute atomic E-state index is 12.5. The Kier molecular flexibility index (Phi) is 10.6. The summed E-state index contributed by atoms with van der Waals surface area (Å²) in [5.74, 6) is 0.0195. The predicted octanol–water partition coefficient (Wildman–Crippen LogP) is 0.866. The van der Waals surface area contributed by atoms with Crippen LogP contribution in [0.3, 0.4) is 0 Å². The number of hydrogen-bond acceptors (Lipinski definition) is 5. The highest BCUT2D eigenvalue weighted by Gasteiger charge is 2.22. The summed E-state index contributed by atoms with van der Waals surface area (Å²) in [6.45, 7) is 4.90. The third-order valence-electron chi connectivity index (χ3n) is 4.37. The van der Waals surface area contributed by atoms with Crippen LogP contribution in [0.4, 0.5) is 0 Å². The van der Waals surface area contributed by atoms with Gasteiger partial charge < -0.3 is 16.4 Å². The van der Waals surface area contributed by atoms with Gasteiger partial charge in [0.25, 0.3) is 5.96 Å². The first-order valence-corrected chi connectivity index (χ1v) is 9.72. The molecule has 0 bridgehead atoms. The van der Waals surface area contributed by atoms with Crippen molar-refractivity contribution in [2.24, 2.45) is 22.6 Å². The van der Waals surface area contributed by atoms with E-state index >= 15 is 0 Å². The summed E-state index contributed by atoms with van der Waals surface area (Å²) >= 11 is 0. The second-order valence-electron chi connectivity index (χ2n) is 7.34. The minimum Gasteiger partial charge on any atom is -0.365 e. The predicted molar refractivity (Wildman–Crippen MR) is 107 cm³/mol. The van der Waals surface area contributed by atoms with Crippen molar-refractivity contribution >= 4 is 17.8 Å². The lowest BCUT2D eigenvalue weighted by Crippen LogP contribution is -2.47. The van der Waals surface area contributed by atoms with Crippen molar-refractivity contribution in [1.29, 1.82) is 0 Å². The van der Waals surface area contributed by atoms with Crippen molar-refractivity contribution < 1.29 is 14.6 Å². The van der Waals surface area contributed by atoms with Gasteiger partial charge in [0, 0.05) is 19.5 Å². The van der Waals surface area contributed by atoms with Gasteiger partial charge in [-0.05, 0) is 43.9 Å². The maximum atomic E-state index is 12.5. The van der Waals surface area contributed by atoms with Crippen molar-refractivity contribution in [3.8, 4) is 0 Å². The first-order valence-electron chi connectivity index (χ1n) is 9.72. The lowest BCUT2D eigenvalue weighted by molar-refractivity contribution is -0.525. The Bertz CT molecular complexity index is 591. The van der Waals surface area contributed by atoms with Crippen LogP contribution in [0, 0.1) is 22.0 Å². The molecule has 2 amide bonds. The number of carbonyl (C=O) groups is 2. The van der Waals surface area contributed by atoms with Gasteiger partial charge in [-0.2, -0.15) is 0 Å². The fourth-order valence-electron chi connectivity index (χ4n) is 2.86. The number of nitrogens with zero attached hydrogens (tertiary/aromatic N) is 2. The van der Waals surface area contributed by atoms with E-state index in [1.807, 2.05) is 6.08 Å². The van der Waals surface area contributed by atoms with E-state index in [0.29, 0.717) is 31.7 Å². The van der Waals surface area contributed by atoms with Crippen molar-refractivity contribution in [3.63, 3.8) is 0 Å². The summed E-state index contributed by atoms with van der Waals surface area (Å²) < 4.78 is 0. The van der Waals surface area contributed by atoms with Crippen LogP contribution in [0.5, 0.6) is 0 Å². The minimum atomic E-state index is -0.790. The zero-order valence-electron chi connectivity index (χ0n) is 16.6.